The number of nitrogens with zero attached hydrogens (tertiary/aromatic N) is 1. The van der Waals surface area contributed by atoms with Crippen molar-refractivity contribution in [2.45, 2.75) is 84.5 Å². The van der Waals surface area contributed by atoms with Crippen LogP contribution in [0.15, 0.2) is 0 Å². The van der Waals surface area contributed by atoms with E-state index >= 15 is 0 Å². The smallest absolute Gasteiger partial charge is 0.410 e. The summed E-state index contributed by atoms with van der Waals surface area (Å²) in [6.07, 6.45) is 2.74. The van der Waals surface area contributed by atoms with Gasteiger partial charge >= 0.3 is 6.09 Å². The molecule has 3 atom stereocenters. The van der Waals surface area contributed by atoms with Crippen molar-refractivity contribution in [1.29, 1.82) is 0 Å². The minimum Gasteiger partial charge on any atom is -0.444 e. The molecule has 0 saturated carbocycles. The van der Waals surface area contributed by atoms with E-state index in [1.54, 1.807) is 0 Å². The van der Waals surface area contributed by atoms with Gasteiger partial charge in [0.15, 0.2) is 0 Å². The highest BCUT2D eigenvalue weighted by atomic mass is 16.6. The van der Waals surface area contributed by atoms with Gasteiger partial charge in [0, 0.05) is 24.7 Å². The van der Waals surface area contributed by atoms with Gasteiger partial charge in [-0.3, -0.25) is 0 Å². The number of aliphatic hydroxyl groups excluding tert-OH is 1. The summed E-state index contributed by atoms with van der Waals surface area (Å²) in [5.74, 6) is 0.387. The normalized spacial score (nSPS) is 22.0. The Kier molecular flexibility index (Phi) is 7.13. The quantitative estimate of drug-likeness (QED) is 0.791. The Hall–Kier alpha value is -0.810. The van der Waals surface area contributed by atoms with Gasteiger partial charge in [-0.2, -0.15) is 0 Å². The molecule has 0 aliphatic carbocycles. The number of likely N-dealkylation sites (tertiary alicyclic amines) is 1. The average Bonchev–Trinajstić information content (AvgIpc) is 2.81. The van der Waals surface area contributed by atoms with E-state index in [4.69, 9.17) is 4.74 Å². The van der Waals surface area contributed by atoms with E-state index in [0.717, 1.165) is 25.8 Å². The zero-order chi connectivity index (χ0) is 16.9. The Morgan fingerprint density at radius 1 is 1.36 bits per heavy atom. The topological polar surface area (TPSA) is 61.8 Å². The first-order valence-electron chi connectivity index (χ1n) is 8.50. The van der Waals surface area contributed by atoms with Gasteiger partial charge in [-0.25, -0.2) is 4.79 Å². The van der Waals surface area contributed by atoms with Gasteiger partial charge in [0.25, 0.3) is 0 Å². The number of carbonyl (C=O) groups excluding carboxylic acids is 1. The molecule has 0 radical (unpaired) electrons. The van der Waals surface area contributed by atoms with E-state index in [9.17, 15) is 9.90 Å². The predicted molar refractivity (Wildman–Crippen MR) is 88.9 cm³/mol. The second-order valence-electron chi connectivity index (χ2n) is 7.81. The third-order valence-electron chi connectivity index (χ3n) is 4.13. The van der Waals surface area contributed by atoms with Crippen molar-refractivity contribution >= 4 is 6.09 Å². The van der Waals surface area contributed by atoms with Gasteiger partial charge in [0.2, 0.25) is 0 Å². The highest BCUT2D eigenvalue weighted by molar-refractivity contribution is 5.68. The molecule has 0 aromatic carbocycles. The van der Waals surface area contributed by atoms with Crippen LogP contribution >= 0.6 is 0 Å². The monoisotopic (exact) mass is 314 g/mol. The maximum Gasteiger partial charge on any atom is 0.410 e. The summed E-state index contributed by atoms with van der Waals surface area (Å²) in [6.45, 7) is 12.9. The zero-order valence-electron chi connectivity index (χ0n) is 15.1. The lowest BCUT2D eigenvalue weighted by Crippen LogP contribution is -2.46. The van der Waals surface area contributed by atoms with Gasteiger partial charge in [-0.15, -0.1) is 0 Å². The lowest BCUT2D eigenvalue weighted by atomic mass is 10.0. The van der Waals surface area contributed by atoms with Crippen LogP contribution in [0.25, 0.3) is 0 Å². The molecule has 0 aromatic heterocycles. The SMILES string of the molecule is CC(CC1CCCN1C(=O)OC(C)(C)C)NC(CO)C(C)C. The Morgan fingerprint density at radius 3 is 2.50 bits per heavy atom. The molecule has 1 rings (SSSR count). The van der Waals surface area contributed by atoms with Crippen LogP contribution in [0, 0.1) is 5.92 Å². The van der Waals surface area contributed by atoms with Crippen molar-refractivity contribution in [2.75, 3.05) is 13.2 Å². The van der Waals surface area contributed by atoms with E-state index in [1.165, 1.54) is 0 Å². The first-order chi connectivity index (χ1) is 10.1. The van der Waals surface area contributed by atoms with Crippen LogP contribution in [0.3, 0.4) is 0 Å². The van der Waals surface area contributed by atoms with Crippen LogP contribution in [0.2, 0.25) is 0 Å². The minimum atomic E-state index is -0.451. The summed E-state index contributed by atoms with van der Waals surface area (Å²) in [5, 5.41) is 12.9. The predicted octanol–water partition coefficient (Wildman–Crippen LogP) is 2.77. The molecule has 1 amide bonds. The molecule has 0 spiro atoms. The highest BCUT2D eigenvalue weighted by Gasteiger charge is 2.33. The second-order valence-corrected chi connectivity index (χ2v) is 7.81. The molecule has 1 fully saturated rings. The molecule has 1 heterocycles. The van der Waals surface area contributed by atoms with Crippen molar-refractivity contribution < 1.29 is 14.6 Å². The van der Waals surface area contributed by atoms with Crippen LogP contribution in [0.4, 0.5) is 4.79 Å². The molecular formula is C17H34N2O3. The molecule has 1 aliphatic heterocycles. The third kappa shape index (κ3) is 6.13. The second kappa shape index (κ2) is 8.16. The summed E-state index contributed by atoms with van der Waals surface area (Å²) in [4.78, 5) is 14.2. The number of amides is 1. The summed E-state index contributed by atoms with van der Waals surface area (Å²) >= 11 is 0. The van der Waals surface area contributed by atoms with Gasteiger partial charge < -0.3 is 20.1 Å². The number of hydrogen-bond acceptors (Lipinski definition) is 4. The fourth-order valence-electron chi connectivity index (χ4n) is 2.94. The molecule has 0 bridgehead atoms. The fraction of sp³-hybridized carbons (Fsp3) is 0.941. The third-order valence-corrected chi connectivity index (χ3v) is 4.13. The Balaban J connectivity index is 2.54. The largest absolute Gasteiger partial charge is 0.444 e. The summed E-state index contributed by atoms with van der Waals surface area (Å²) in [5.41, 5.74) is -0.451. The van der Waals surface area contributed by atoms with Crippen LogP contribution < -0.4 is 5.32 Å². The summed E-state index contributed by atoms with van der Waals surface area (Å²) in [6, 6.07) is 0.586. The molecule has 2 N–H and O–H groups in total. The van der Waals surface area contributed by atoms with Crippen molar-refractivity contribution in [2.24, 2.45) is 5.92 Å². The standard InChI is InChI=1S/C17H34N2O3/c1-12(2)15(11-20)18-13(3)10-14-8-7-9-19(14)16(21)22-17(4,5)6/h12-15,18,20H,7-11H2,1-6H3. The molecule has 1 saturated heterocycles. The van der Waals surface area contributed by atoms with Crippen molar-refractivity contribution in [1.82, 2.24) is 10.2 Å². The first kappa shape index (κ1) is 19.2. The van der Waals surface area contributed by atoms with Gasteiger partial charge in [0.05, 0.1) is 6.61 Å². The molecule has 1 aliphatic rings. The maximum absolute atomic E-state index is 12.3. The lowest BCUT2D eigenvalue weighted by molar-refractivity contribution is 0.0212. The lowest BCUT2D eigenvalue weighted by Gasteiger charge is -2.31. The molecule has 3 unspecified atom stereocenters. The highest BCUT2D eigenvalue weighted by Crippen LogP contribution is 2.24. The van der Waals surface area contributed by atoms with E-state index in [-0.39, 0.29) is 30.8 Å². The number of ether oxygens (including phenoxy) is 1. The van der Waals surface area contributed by atoms with Gasteiger partial charge in [0.1, 0.15) is 5.60 Å². The number of carbonyl (C=O) groups is 1. The van der Waals surface area contributed by atoms with Gasteiger partial charge in [-0.05, 0) is 52.9 Å². The molecule has 5 nitrogen and oxygen atoms in total. The van der Waals surface area contributed by atoms with E-state index in [1.807, 2.05) is 25.7 Å². The molecular weight excluding hydrogens is 280 g/mol. The Morgan fingerprint density at radius 2 is 2.00 bits per heavy atom. The number of aliphatic hydroxyl groups is 1. The maximum atomic E-state index is 12.3. The van der Waals surface area contributed by atoms with E-state index in [2.05, 4.69) is 26.1 Å². The van der Waals surface area contributed by atoms with Crippen molar-refractivity contribution in [3.63, 3.8) is 0 Å². The molecule has 130 valence electrons. The summed E-state index contributed by atoms with van der Waals surface area (Å²) in [7, 11) is 0. The van der Waals surface area contributed by atoms with Crippen LogP contribution in [0.1, 0.15) is 60.8 Å². The minimum absolute atomic E-state index is 0.103. The molecule has 0 aromatic rings. The number of rotatable bonds is 6. The van der Waals surface area contributed by atoms with Crippen LogP contribution in [0.5, 0.6) is 0 Å². The Labute approximate surface area is 135 Å². The van der Waals surface area contributed by atoms with E-state index < -0.39 is 5.60 Å². The Bertz CT molecular complexity index is 352. The van der Waals surface area contributed by atoms with E-state index in [0.29, 0.717) is 5.92 Å². The average molecular weight is 314 g/mol. The van der Waals surface area contributed by atoms with Gasteiger partial charge in [-0.1, -0.05) is 13.8 Å². The summed E-state index contributed by atoms with van der Waals surface area (Å²) < 4.78 is 5.50. The number of hydrogen-bond donors (Lipinski definition) is 2. The van der Waals surface area contributed by atoms with Crippen LogP contribution in [-0.4, -0.2) is 53.0 Å². The molecule has 5 heteroatoms. The fourth-order valence-corrected chi connectivity index (χ4v) is 2.94. The van der Waals surface area contributed by atoms with Crippen molar-refractivity contribution in [3.8, 4) is 0 Å². The number of nitrogens with one attached hydrogen (secondary N) is 1. The first-order valence-corrected chi connectivity index (χ1v) is 8.50. The zero-order valence-corrected chi connectivity index (χ0v) is 15.1. The molecule has 22 heavy (non-hydrogen) atoms. The van der Waals surface area contributed by atoms with Crippen LogP contribution in [-0.2, 0) is 4.74 Å². The van der Waals surface area contributed by atoms with Crippen molar-refractivity contribution in [3.05, 3.63) is 0 Å².